The molecule has 1 atom stereocenters. The van der Waals surface area contributed by atoms with Crippen molar-refractivity contribution in [1.82, 2.24) is 0 Å². The summed E-state index contributed by atoms with van der Waals surface area (Å²) in [5.74, 6) is -2.79. The predicted molar refractivity (Wildman–Crippen MR) is 130 cm³/mol. The molecule has 0 radical (unpaired) electrons. The average Bonchev–Trinajstić information content (AvgIpc) is 2.73. The fourth-order valence-corrected chi connectivity index (χ4v) is 4.29. The first kappa shape index (κ1) is 32.9. The number of halogens is 3. The van der Waals surface area contributed by atoms with Gasteiger partial charge in [0, 0.05) is 6.42 Å². The summed E-state index contributed by atoms with van der Waals surface area (Å²) in [6.07, 6.45) is 15.7. The van der Waals surface area contributed by atoms with Crippen LogP contribution in [-0.2, 0) is 19.6 Å². The van der Waals surface area contributed by atoms with Gasteiger partial charge in [0.2, 0.25) is 6.10 Å². The van der Waals surface area contributed by atoms with Crippen LogP contribution in [0.4, 0.5) is 13.2 Å². The van der Waals surface area contributed by atoms with Gasteiger partial charge in [-0.3, -0.25) is 9.35 Å². The standard InChI is InChI=1S/C25H45F3O5S/c1-2-3-4-5-6-7-8-9-10-11-12-13-14-15-16-17-18-19-20-21-24(29)33-23(25(26,27)28)22-34(30,31)32/h9-10,23H,2-8,11-22H2,1H3,(H,30,31,32)/b10-9-. The lowest BCUT2D eigenvalue weighted by atomic mass is 10.1. The molecular weight excluding hydrogens is 469 g/mol. The zero-order valence-electron chi connectivity index (χ0n) is 20.8. The maximum atomic E-state index is 12.7. The molecule has 0 amide bonds. The molecular formula is C25H45F3O5S. The van der Waals surface area contributed by atoms with E-state index in [2.05, 4.69) is 23.8 Å². The lowest BCUT2D eigenvalue weighted by Crippen LogP contribution is -2.39. The molecule has 0 aliphatic rings. The lowest BCUT2D eigenvalue weighted by molar-refractivity contribution is -0.215. The highest BCUT2D eigenvalue weighted by Gasteiger charge is 2.45. The van der Waals surface area contributed by atoms with E-state index in [0.717, 1.165) is 32.1 Å². The number of hydrogen-bond acceptors (Lipinski definition) is 4. The zero-order chi connectivity index (χ0) is 25.7. The molecule has 0 aliphatic heterocycles. The Balaban J connectivity index is 3.56. The molecule has 0 aromatic rings. The van der Waals surface area contributed by atoms with Crippen LogP contribution >= 0.6 is 0 Å². The second kappa shape index (κ2) is 20.1. The van der Waals surface area contributed by atoms with Crippen LogP contribution < -0.4 is 0 Å². The molecule has 0 rings (SSSR count). The van der Waals surface area contributed by atoms with Gasteiger partial charge < -0.3 is 4.74 Å². The molecule has 0 aromatic carbocycles. The van der Waals surface area contributed by atoms with Crippen LogP contribution in [0.1, 0.15) is 122 Å². The van der Waals surface area contributed by atoms with E-state index in [-0.39, 0.29) is 6.42 Å². The van der Waals surface area contributed by atoms with Gasteiger partial charge in [-0.2, -0.15) is 21.6 Å². The topological polar surface area (TPSA) is 80.7 Å². The molecule has 9 heteroatoms. The number of alkyl halides is 3. The molecule has 0 heterocycles. The maximum absolute atomic E-state index is 12.7. The number of hydrogen-bond donors (Lipinski definition) is 1. The number of allylic oxidation sites excluding steroid dienone is 2. The first-order valence-electron chi connectivity index (χ1n) is 12.9. The minimum Gasteiger partial charge on any atom is -0.451 e. The molecule has 0 spiro atoms. The van der Waals surface area contributed by atoms with Crippen LogP contribution in [0.5, 0.6) is 0 Å². The van der Waals surface area contributed by atoms with Crippen molar-refractivity contribution in [2.45, 2.75) is 135 Å². The van der Waals surface area contributed by atoms with Gasteiger partial charge in [0.25, 0.3) is 10.1 Å². The van der Waals surface area contributed by atoms with Crippen LogP contribution in [0.25, 0.3) is 0 Å². The number of carbonyl (C=O) groups is 1. The summed E-state index contributed by atoms with van der Waals surface area (Å²) in [5.41, 5.74) is 0. The third-order valence-corrected chi connectivity index (χ3v) is 6.37. The molecule has 0 saturated carbocycles. The predicted octanol–water partition coefficient (Wildman–Crippen LogP) is 7.95. The van der Waals surface area contributed by atoms with Crippen molar-refractivity contribution in [3.8, 4) is 0 Å². The fourth-order valence-electron chi connectivity index (χ4n) is 3.65. The Morgan fingerprint density at radius 1 is 0.794 bits per heavy atom. The van der Waals surface area contributed by atoms with Gasteiger partial charge in [0.15, 0.2) is 0 Å². The summed E-state index contributed by atoms with van der Waals surface area (Å²) < 4.78 is 72.3. The SMILES string of the molecule is CCCCCCCC/C=C\CCCCCCCCCCCC(=O)OC(CS(=O)(=O)O)C(F)(F)F. The van der Waals surface area contributed by atoms with Crippen molar-refractivity contribution in [1.29, 1.82) is 0 Å². The largest absolute Gasteiger partial charge is 0.451 e. The summed E-state index contributed by atoms with van der Waals surface area (Å²) in [6, 6.07) is 0. The number of unbranched alkanes of at least 4 members (excludes halogenated alkanes) is 15. The van der Waals surface area contributed by atoms with Crippen molar-refractivity contribution < 1.29 is 35.7 Å². The Bertz CT molecular complexity index is 633. The Morgan fingerprint density at radius 3 is 1.62 bits per heavy atom. The summed E-state index contributed by atoms with van der Waals surface area (Å²) in [7, 11) is -4.91. The van der Waals surface area contributed by atoms with E-state index < -0.39 is 34.1 Å². The second-order valence-electron chi connectivity index (χ2n) is 9.02. The highest BCUT2D eigenvalue weighted by Crippen LogP contribution is 2.25. The summed E-state index contributed by atoms with van der Waals surface area (Å²) in [4.78, 5) is 11.6. The van der Waals surface area contributed by atoms with Crippen LogP contribution in [0.3, 0.4) is 0 Å². The van der Waals surface area contributed by atoms with Crippen molar-refractivity contribution in [3.63, 3.8) is 0 Å². The number of rotatable bonds is 22. The van der Waals surface area contributed by atoms with E-state index in [0.29, 0.717) is 12.8 Å². The van der Waals surface area contributed by atoms with E-state index in [1.54, 1.807) is 0 Å². The molecule has 34 heavy (non-hydrogen) atoms. The number of carbonyl (C=O) groups excluding carboxylic acids is 1. The average molecular weight is 515 g/mol. The smallest absolute Gasteiger partial charge is 0.426 e. The van der Waals surface area contributed by atoms with Crippen molar-refractivity contribution >= 4 is 16.1 Å². The van der Waals surface area contributed by atoms with E-state index in [9.17, 15) is 26.4 Å². The lowest BCUT2D eigenvalue weighted by Gasteiger charge is -2.19. The van der Waals surface area contributed by atoms with Gasteiger partial charge in [-0.25, -0.2) is 0 Å². The van der Waals surface area contributed by atoms with E-state index in [1.165, 1.54) is 64.2 Å². The molecule has 1 unspecified atom stereocenters. The first-order chi connectivity index (χ1) is 16.1. The van der Waals surface area contributed by atoms with Crippen molar-refractivity contribution in [3.05, 3.63) is 12.2 Å². The summed E-state index contributed by atoms with van der Waals surface area (Å²) >= 11 is 0. The van der Waals surface area contributed by atoms with Crippen molar-refractivity contribution in [2.75, 3.05) is 5.75 Å². The van der Waals surface area contributed by atoms with Crippen LogP contribution in [0.2, 0.25) is 0 Å². The maximum Gasteiger partial charge on any atom is 0.426 e. The normalized spacial score (nSPS) is 13.4. The van der Waals surface area contributed by atoms with Gasteiger partial charge in [-0.05, 0) is 32.1 Å². The third kappa shape index (κ3) is 22.7. The Labute approximate surface area is 204 Å². The zero-order valence-corrected chi connectivity index (χ0v) is 21.6. The molecule has 202 valence electrons. The van der Waals surface area contributed by atoms with Crippen LogP contribution in [0.15, 0.2) is 12.2 Å². The molecule has 0 bridgehead atoms. The minimum atomic E-state index is -5.05. The van der Waals surface area contributed by atoms with Gasteiger partial charge in [-0.15, -0.1) is 0 Å². The van der Waals surface area contributed by atoms with Gasteiger partial charge in [-0.1, -0.05) is 96.1 Å². The molecule has 5 nitrogen and oxygen atoms in total. The molecule has 0 fully saturated rings. The molecule has 0 saturated heterocycles. The molecule has 0 aliphatic carbocycles. The van der Waals surface area contributed by atoms with E-state index in [4.69, 9.17) is 4.55 Å². The Kier molecular flexibility index (Phi) is 19.5. The fraction of sp³-hybridized carbons (Fsp3) is 0.880. The highest BCUT2D eigenvalue weighted by molar-refractivity contribution is 7.85. The van der Waals surface area contributed by atoms with Gasteiger partial charge >= 0.3 is 12.1 Å². The summed E-state index contributed by atoms with van der Waals surface area (Å²) in [5, 5.41) is 0. The number of ether oxygens (including phenoxy) is 1. The minimum absolute atomic E-state index is 0.204. The van der Waals surface area contributed by atoms with E-state index in [1.807, 2.05) is 0 Å². The third-order valence-electron chi connectivity index (χ3n) is 5.64. The second-order valence-corrected chi connectivity index (χ2v) is 10.5. The number of esters is 1. The quantitative estimate of drug-likeness (QED) is 0.0686. The van der Waals surface area contributed by atoms with Gasteiger partial charge in [0.05, 0.1) is 0 Å². The van der Waals surface area contributed by atoms with Crippen LogP contribution in [0, 0.1) is 0 Å². The summed E-state index contributed by atoms with van der Waals surface area (Å²) in [6.45, 7) is 2.24. The first-order valence-corrected chi connectivity index (χ1v) is 14.5. The monoisotopic (exact) mass is 514 g/mol. The van der Waals surface area contributed by atoms with Crippen LogP contribution in [-0.4, -0.2) is 37.0 Å². The van der Waals surface area contributed by atoms with E-state index >= 15 is 0 Å². The molecule has 1 N–H and O–H groups in total. The van der Waals surface area contributed by atoms with Crippen molar-refractivity contribution in [2.24, 2.45) is 0 Å². The Hall–Kier alpha value is -1.09. The van der Waals surface area contributed by atoms with Gasteiger partial charge in [0.1, 0.15) is 5.75 Å². The highest BCUT2D eigenvalue weighted by atomic mass is 32.2. The Morgan fingerprint density at radius 2 is 1.21 bits per heavy atom. The molecule has 0 aromatic heterocycles.